The van der Waals surface area contributed by atoms with Gasteiger partial charge in [0.05, 0.1) is 0 Å². The lowest BCUT2D eigenvalue weighted by molar-refractivity contribution is 1.03. The Bertz CT molecular complexity index is 539. The standard InChI is InChI=1S/C17H21N/c1-11-5-12(2)7-15(6-11)16-8-13(3)17(10-18)14(4)9-16/h5-9H,10,18H2,1-4H3. The number of nitrogens with two attached hydrogens (primary N) is 1. The average Bonchev–Trinajstić information content (AvgIpc) is 2.27. The van der Waals surface area contributed by atoms with Crippen LogP contribution in [0, 0.1) is 27.7 Å². The van der Waals surface area contributed by atoms with Gasteiger partial charge in [-0.05, 0) is 55.5 Å². The molecule has 94 valence electrons. The SMILES string of the molecule is Cc1cc(C)cc(-c2cc(C)c(CN)c(C)c2)c1. The summed E-state index contributed by atoms with van der Waals surface area (Å²) in [5, 5.41) is 0. The summed E-state index contributed by atoms with van der Waals surface area (Å²) in [5.41, 5.74) is 14.8. The van der Waals surface area contributed by atoms with Crippen LogP contribution in [0.3, 0.4) is 0 Å². The predicted molar refractivity (Wildman–Crippen MR) is 78.7 cm³/mol. The van der Waals surface area contributed by atoms with Crippen LogP contribution in [-0.2, 0) is 6.54 Å². The Hall–Kier alpha value is -1.60. The second-order valence-corrected chi connectivity index (χ2v) is 5.17. The van der Waals surface area contributed by atoms with Crippen LogP contribution in [0.4, 0.5) is 0 Å². The highest BCUT2D eigenvalue weighted by Gasteiger charge is 2.06. The summed E-state index contributed by atoms with van der Waals surface area (Å²) in [5.74, 6) is 0. The van der Waals surface area contributed by atoms with Crippen molar-refractivity contribution >= 4 is 0 Å². The molecule has 2 aromatic rings. The summed E-state index contributed by atoms with van der Waals surface area (Å²) in [4.78, 5) is 0. The molecule has 0 amide bonds. The van der Waals surface area contributed by atoms with E-state index in [-0.39, 0.29) is 0 Å². The third-order valence-corrected chi connectivity index (χ3v) is 3.46. The molecule has 0 unspecified atom stereocenters. The van der Waals surface area contributed by atoms with Crippen molar-refractivity contribution in [3.63, 3.8) is 0 Å². The average molecular weight is 239 g/mol. The van der Waals surface area contributed by atoms with Crippen LogP contribution in [-0.4, -0.2) is 0 Å². The van der Waals surface area contributed by atoms with Crippen molar-refractivity contribution in [2.24, 2.45) is 5.73 Å². The predicted octanol–water partition coefficient (Wildman–Crippen LogP) is 4.05. The molecule has 0 aromatic heterocycles. The number of rotatable bonds is 2. The summed E-state index contributed by atoms with van der Waals surface area (Å²) in [6.07, 6.45) is 0. The lowest BCUT2D eigenvalue weighted by atomic mass is 9.94. The molecular formula is C17H21N. The Morgan fingerprint density at radius 2 is 1.17 bits per heavy atom. The van der Waals surface area contributed by atoms with Gasteiger partial charge in [0.1, 0.15) is 0 Å². The van der Waals surface area contributed by atoms with Crippen molar-refractivity contribution in [2.75, 3.05) is 0 Å². The zero-order chi connectivity index (χ0) is 13.3. The van der Waals surface area contributed by atoms with Gasteiger partial charge >= 0.3 is 0 Å². The summed E-state index contributed by atoms with van der Waals surface area (Å²) >= 11 is 0. The number of hydrogen-bond acceptors (Lipinski definition) is 1. The van der Waals surface area contributed by atoms with Gasteiger partial charge in [0.25, 0.3) is 0 Å². The largest absolute Gasteiger partial charge is 0.326 e. The fraction of sp³-hybridized carbons (Fsp3) is 0.294. The first-order valence-electron chi connectivity index (χ1n) is 6.40. The fourth-order valence-corrected chi connectivity index (χ4v) is 2.62. The van der Waals surface area contributed by atoms with Gasteiger partial charge in [-0.3, -0.25) is 0 Å². The maximum absolute atomic E-state index is 5.79. The summed E-state index contributed by atoms with van der Waals surface area (Å²) in [7, 11) is 0. The van der Waals surface area contributed by atoms with Crippen LogP contribution < -0.4 is 5.73 Å². The zero-order valence-electron chi connectivity index (χ0n) is 11.7. The smallest absolute Gasteiger partial charge is 0.0183 e. The molecule has 0 radical (unpaired) electrons. The van der Waals surface area contributed by atoms with Gasteiger partial charge in [-0.25, -0.2) is 0 Å². The van der Waals surface area contributed by atoms with E-state index >= 15 is 0 Å². The molecule has 1 nitrogen and oxygen atoms in total. The Morgan fingerprint density at radius 3 is 1.61 bits per heavy atom. The quantitative estimate of drug-likeness (QED) is 0.840. The van der Waals surface area contributed by atoms with Gasteiger partial charge in [0.2, 0.25) is 0 Å². The lowest BCUT2D eigenvalue weighted by Gasteiger charge is -2.12. The molecular weight excluding hydrogens is 218 g/mol. The van der Waals surface area contributed by atoms with Crippen molar-refractivity contribution in [3.05, 3.63) is 58.1 Å². The third kappa shape index (κ3) is 2.46. The highest BCUT2D eigenvalue weighted by atomic mass is 14.5. The second-order valence-electron chi connectivity index (χ2n) is 5.17. The Labute approximate surface area is 110 Å². The molecule has 0 aliphatic heterocycles. The summed E-state index contributed by atoms with van der Waals surface area (Å²) in [6, 6.07) is 11.2. The maximum atomic E-state index is 5.79. The van der Waals surface area contributed by atoms with Crippen LogP contribution in [0.2, 0.25) is 0 Å². The molecule has 0 saturated heterocycles. The molecule has 1 heteroatoms. The third-order valence-electron chi connectivity index (χ3n) is 3.46. The van der Waals surface area contributed by atoms with Gasteiger partial charge in [-0.2, -0.15) is 0 Å². The fourth-order valence-electron chi connectivity index (χ4n) is 2.62. The molecule has 0 heterocycles. The molecule has 18 heavy (non-hydrogen) atoms. The van der Waals surface area contributed by atoms with E-state index in [0.29, 0.717) is 6.54 Å². The van der Waals surface area contributed by atoms with Gasteiger partial charge in [0.15, 0.2) is 0 Å². The molecule has 0 aliphatic rings. The molecule has 0 bridgehead atoms. The zero-order valence-corrected chi connectivity index (χ0v) is 11.7. The molecule has 0 fully saturated rings. The molecule has 0 spiro atoms. The van der Waals surface area contributed by atoms with E-state index < -0.39 is 0 Å². The molecule has 2 N–H and O–H groups in total. The van der Waals surface area contributed by atoms with Crippen LogP contribution in [0.25, 0.3) is 11.1 Å². The number of aryl methyl sites for hydroxylation is 4. The summed E-state index contributed by atoms with van der Waals surface area (Å²) in [6.45, 7) is 9.18. The van der Waals surface area contributed by atoms with Crippen LogP contribution >= 0.6 is 0 Å². The van der Waals surface area contributed by atoms with Gasteiger partial charge in [-0.15, -0.1) is 0 Å². The molecule has 0 saturated carbocycles. The van der Waals surface area contributed by atoms with Gasteiger partial charge < -0.3 is 5.73 Å². The maximum Gasteiger partial charge on any atom is 0.0183 e. The topological polar surface area (TPSA) is 26.0 Å². The minimum absolute atomic E-state index is 0.616. The highest BCUT2D eigenvalue weighted by molar-refractivity contribution is 5.67. The van der Waals surface area contributed by atoms with E-state index in [1.165, 1.54) is 38.9 Å². The van der Waals surface area contributed by atoms with Gasteiger partial charge in [0, 0.05) is 6.54 Å². The number of hydrogen-bond donors (Lipinski definition) is 1. The van der Waals surface area contributed by atoms with Crippen LogP contribution in [0.1, 0.15) is 27.8 Å². The molecule has 0 atom stereocenters. The van der Waals surface area contributed by atoms with E-state index in [1.807, 2.05) is 0 Å². The first-order chi connectivity index (χ1) is 8.51. The van der Waals surface area contributed by atoms with E-state index in [4.69, 9.17) is 5.73 Å². The molecule has 2 aromatic carbocycles. The van der Waals surface area contributed by atoms with Crippen LogP contribution in [0.5, 0.6) is 0 Å². The van der Waals surface area contributed by atoms with Crippen molar-refractivity contribution in [1.29, 1.82) is 0 Å². The number of benzene rings is 2. The van der Waals surface area contributed by atoms with E-state index in [2.05, 4.69) is 58.0 Å². The van der Waals surface area contributed by atoms with Crippen molar-refractivity contribution < 1.29 is 0 Å². The van der Waals surface area contributed by atoms with Crippen molar-refractivity contribution in [2.45, 2.75) is 34.2 Å². The monoisotopic (exact) mass is 239 g/mol. The first kappa shape index (κ1) is 12.8. The minimum atomic E-state index is 0.616. The minimum Gasteiger partial charge on any atom is -0.326 e. The van der Waals surface area contributed by atoms with Crippen molar-refractivity contribution in [1.82, 2.24) is 0 Å². The van der Waals surface area contributed by atoms with Crippen LogP contribution in [0.15, 0.2) is 30.3 Å². The van der Waals surface area contributed by atoms with Crippen molar-refractivity contribution in [3.8, 4) is 11.1 Å². The first-order valence-corrected chi connectivity index (χ1v) is 6.40. The Balaban J connectivity index is 2.58. The summed E-state index contributed by atoms with van der Waals surface area (Å²) < 4.78 is 0. The lowest BCUT2D eigenvalue weighted by Crippen LogP contribution is -2.02. The molecule has 0 aliphatic carbocycles. The Morgan fingerprint density at radius 1 is 0.722 bits per heavy atom. The van der Waals surface area contributed by atoms with E-state index in [0.717, 1.165) is 0 Å². The van der Waals surface area contributed by atoms with E-state index in [1.54, 1.807) is 0 Å². The molecule has 2 rings (SSSR count). The second kappa shape index (κ2) is 4.95. The highest BCUT2D eigenvalue weighted by Crippen LogP contribution is 2.26. The Kier molecular flexibility index (Phi) is 3.53. The van der Waals surface area contributed by atoms with E-state index in [9.17, 15) is 0 Å². The normalized spacial score (nSPS) is 10.7. The van der Waals surface area contributed by atoms with Gasteiger partial charge in [-0.1, -0.05) is 41.5 Å².